The van der Waals surface area contributed by atoms with Crippen molar-refractivity contribution in [3.8, 4) is 0 Å². The predicted octanol–water partition coefficient (Wildman–Crippen LogP) is 1.36. The van der Waals surface area contributed by atoms with E-state index >= 15 is 0 Å². The van der Waals surface area contributed by atoms with E-state index in [0.29, 0.717) is 0 Å². The fraction of sp³-hybridized carbons (Fsp3) is 1.00. The van der Waals surface area contributed by atoms with Crippen molar-refractivity contribution in [1.82, 2.24) is 0 Å². The highest BCUT2D eigenvalue weighted by atomic mass is 19.1. The minimum absolute atomic E-state index is 0.468. The average Bonchev–Trinajstić information content (AvgIpc) is 1.67. The molecule has 0 amide bonds. The lowest BCUT2D eigenvalue weighted by Gasteiger charge is -2.23. The van der Waals surface area contributed by atoms with Crippen LogP contribution < -0.4 is 0 Å². The van der Waals surface area contributed by atoms with E-state index in [4.69, 9.17) is 5.11 Å². The Bertz CT molecular complexity index is 68.9. The van der Waals surface area contributed by atoms with Gasteiger partial charge in [0.2, 0.25) is 0 Å². The summed E-state index contributed by atoms with van der Waals surface area (Å²) in [6.07, 6.45) is -0.563. The third-order valence-electron chi connectivity index (χ3n) is 1.48. The van der Waals surface area contributed by atoms with Gasteiger partial charge in [-0.3, -0.25) is 4.39 Å². The fourth-order valence-corrected chi connectivity index (χ4v) is 0.112. The van der Waals surface area contributed by atoms with Crippen molar-refractivity contribution in [3.05, 3.63) is 0 Å². The molecule has 0 saturated heterocycles. The zero-order chi connectivity index (χ0) is 6.78. The molecule has 2 heteroatoms. The Labute approximate surface area is 49.5 Å². The van der Waals surface area contributed by atoms with Crippen LogP contribution in [0.4, 0.5) is 4.39 Å². The van der Waals surface area contributed by atoms with E-state index in [1.807, 2.05) is 0 Å². The van der Waals surface area contributed by atoms with Gasteiger partial charge in [-0.2, -0.15) is 0 Å². The van der Waals surface area contributed by atoms with Gasteiger partial charge >= 0.3 is 0 Å². The predicted molar refractivity (Wildman–Crippen MR) is 31.4 cm³/mol. The van der Waals surface area contributed by atoms with Gasteiger partial charge in [-0.25, -0.2) is 0 Å². The monoisotopic (exact) mass is 120 g/mol. The van der Waals surface area contributed by atoms with Crippen molar-refractivity contribution in [1.29, 1.82) is 0 Å². The second-order valence-corrected chi connectivity index (χ2v) is 2.80. The van der Waals surface area contributed by atoms with Gasteiger partial charge < -0.3 is 5.11 Å². The first-order valence-electron chi connectivity index (χ1n) is 2.75. The van der Waals surface area contributed by atoms with Gasteiger partial charge in [-0.15, -0.1) is 0 Å². The van der Waals surface area contributed by atoms with Crippen LogP contribution >= 0.6 is 0 Å². The number of rotatable bonds is 2. The first-order chi connectivity index (χ1) is 3.50. The molecule has 0 spiro atoms. The lowest BCUT2D eigenvalue weighted by atomic mass is 9.89. The van der Waals surface area contributed by atoms with Crippen LogP contribution in [0.2, 0.25) is 0 Å². The molecule has 0 aliphatic heterocycles. The molecule has 0 aromatic heterocycles. The molecule has 0 bridgehead atoms. The summed E-state index contributed by atoms with van der Waals surface area (Å²) in [7, 11) is 0. The number of halogens is 1. The number of aliphatic hydroxyl groups is 1. The SMILES string of the molecule is CC(O)C(C)(C)CF. The summed E-state index contributed by atoms with van der Waals surface area (Å²) in [6.45, 7) is 4.51. The second-order valence-electron chi connectivity index (χ2n) is 2.80. The zero-order valence-corrected chi connectivity index (χ0v) is 5.61. The first-order valence-corrected chi connectivity index (χ1v) is 2.75. The molecule has 0 aliphatic rings. The number of alkyl halides is 1. The van der Waals surface area contributed by atoms with Gasteiger partial charge in [0.05, 0.1) is 12.8 Å². The van der Waals surface area contributed by atoms with Gasteiger partial charge in [0.25, 0.3) is 0 Å². The van der Waals surface area contributed by atoms with E-state index in [-0.39, 0.29) is 0 Å². The molecule has 0 fully saturated rings. The molecule has 0 heterocycles. The Kier molecular flexibility index (Phi) is 2.41. The number of hydrogen-bond donors (Lipinski definition) is 1. The summed E-state index contributed by atoms with van der Waals surface area (Å²) in [6, 6.07) is 0. The summed E-state index contributed by atoms with van der Waals surface area (Å²) < 4.78 is 11.9. The Balaban J connectivity index is 3.71. The van der Waals surface area contributed by atoms with Gasteiger partial charge in [-0.05, 0) is 6.92 Å². The highest BCUT2D eigenvalue weighted by Gasteiger charge is 2.23. The van der Waals surface area contributed by atoms with Crippen LogP contribution in [0, 0.1) is 5.41 Å². The molecule has 0 radical (unpaired) electrons. The standard InChI is InChI=1S/C6H13FO/c1-5(8)6(2,3)4-7/h5,8H,4H2,1-3H3. The van der Waals surface area contributed by atoms with Crippen LogP contribution in [0.5, 0.6) is 0 Å². The van der Waals surface area contributed by atoms with E-state index in [9.17, 15) is 4.39 Å². The molecular weight excluding hydrogens is 107 g/mol. The van der Waals surface area contributed by atoms with Crippen LogP contribution in [0.3, 0.4) is 0 Å². The zero-order valence-electron chi connectivity index (χ0n) is 5.61. The van der Waals surface area contributed by atoms with Crippen molar-refractivity contribution in [2.45, 2.75) is 26.9 Å². The second kappa shape index (κ2) is 2.44. The highest BCUT2D eigenvalue weighted by molar-refractivity contribution is 4.72. The van der Waals surface area contributed by atoms with Crippen LogP contribution in [0.15, 0.2) is 0 Å². The molecule has 0 rings (SSSR count). The number of hydrogen-bond acceptors (Lipinski definition) is 1. The lowest BCUT2D eigenvalue weighted by Crippen LogP contribution is -2.28. The third-order valence-corrected chi connectivity index (χ3v) is 1.48. The van der Waals surface area contributed by atoms with E-state index in [1.54, 1.807) is 20.8 Å². The van der Waals surface area contributed by atoms with Gasteiger partial charge in [0, 0.05) is 5.41 Å². The lowest BCUT2D eigenvalue weighted by molar-refractivity contribution is 0.0467. The van der Waals surface area contributed by atoms with Crippen LogP contribution in [0.25, 0.3) is 0 Å². The van der Waals surface area contributed by atoms with Crippen molar-refractivity contribution in [2.24, 2.45) is 5.41 Å². The molecule has 0 aromatic carbocycles. The molecule has 1 atom stereocenters. The molecule has 1 unspecified atom stereocenters. The van der Waals surface area contributed by atoms with Crippen LogP contribution in [-0.2, 0) is 0 Å². The molecule has 0 aliphatic carbocycles. The summed E-state index contributed by atoms with van der Waals surface area (Å²) >= 11 is 0. The highest BCUT2D eigenvalue weighted by Crippen LogP contribution is 2.19. The topological polar surface area (TPSA) is 20.2 Å². The summed E-state index contributed by atoms with van der Waals surface area (Å²) in [5, 5.41) is 8.84. The third kappa shape index (κ3) is 1.78. The Morgan fingerprint density at radius 3 is 2.00 bits per heavy atom. The normalized spacial score (nSPS) is 16.1. The smallest absolute Gasteiger partial charge is 0.0969 e. The Morgan fingerprint density at radius 2 is 2.00 bits per heavy atom. The Morgan fingerprint density at radius 1 is 1.62 bits per heavy atom. The molecule has 8 heavy (non-hydrogen) atoms. The molecule has 0 aromatic rings. The minimum atomic E-state index is -0.569. The minimum Gasteiger partial charge on any atom is -0.393 e. The van der Waals surface area contributed by atoms with Crippen molar-refractivity contribution >= 4 is 0 Å². The molecular formula is C6H13FO. The van der Waals surface area contributed by atoms with E-state index in [2.05, 4.69) is 0 Å². The quantitative estimate of drug-likeness (QED) is 0.583. The molecule has 0 saturated carbocycles. The van der Waals surface area contributed by atoms with Crippen LogP contribution in [-0.4, -0.2) is 17.9 Å². The van der Waals surface area contributed by atoms with Crippen molar-refractivity contribution < 1.29 is 9.50 Å². The fourth-order valence-electron chi connectivity index (χ4n) is 0.112. The summed E-state index contributed by atoms with van der Waals surface area (Å²) in [5.41, 5.74) is -0.569. The van der Waals surface area contributed by atoms with E-state index in [1.165, 1.54) is 0 Å². The van der Waals surface area contributed by atoms with Crippen LogP contribution in [0.1, 0.15) is 20.8 Å². The Hall–Kier alpha value is -0.110. The van der Waals surface area contributed by atoms with E-state index < -0.39 is 18.2 Å². The summed E-state index contributed by atoms with van der Waals surface area (Å²) in [5.74, 6) is 0. The largest absolute Gasteiger partial charge is 0.393 e. The van der Waals surface area contributed by atoms with Gasteiger partial charge in [0.15, 0.2) is 0 Å². The maximum Gasteiger partial charge on any atom is 0.0969 e. The maximum absolute atomic E-state index is 11.9. The van der Waals surface area contributed by atoms with Gasteiger partial charge in [-0.1, -0.05) is 13.8 Å². The molecule has 50 valence electrons. The number of aliphatic hydroxyl groups excluding tert-OH is 1. The maximum atomic E-state index is 11.9. The van der Waals surface area contributed by atoms with Crippen molar-refractivity contribution in [2.75, 3.05) is 6.67 Å². The molecule has 1 nitrogen and oxygen atoms in total. The van der Waals surface area contributed by atoms with E-state index in [0.717, 1.165) is 0 Å². The molecule has 1 N–H and O–H groups in total. The summed E-state index contributed by atoms with van der Waals surface area (Å²) in [4.78, 5) is 0. The first kappa shape index (κ1) is 7.89. The average molecular weight is 120 g/mol. The van der Waals surface area contributed by atoms with Gasteiger partial charge in [0.1, 0.15) is 0 Å². The van der Waals surface area contributed by atoms with Crippen molar-refractivity contribution in [3.63, 3.8) is 0 Å².